The van der Waals surface area contributed by atoms with Crippen LogP contribution in [-0.2, 0) is 4.79 Å². The van der Waals surface area contributed by atoms with E-state index in [0.717, 1.165) is 5.75 Å². The molecule has 0 fully saturated rings. The molecule has 6 nitrogen and oxygen atoms in total. The number of benzene rings is 1. The number of rotatable bonds is 4. The molecule has 0 saturated heterocycles. The smallest absolute Gasteiger partial charge is 0.277 e. The Morgan fingerprint density at radius 1 is 1.26 bits per heavy atom. The van der Waals surface area contributed by atoms with Gasteiger partial charge in [0.15, 0.2) is 5.71 Å². The maximum absolute atomic E-state index is 11.7. The number of nitrogens with zero attached hydrogens (tertiary/aromatic N) is 3. The van der Waals surface area contributed by atoms with Crippen LogP contribution in [0.2, 0.25) is 0 Å². The largest absolute Gasteiger partial charge is 0.497 e. The fraction of sp³-hybridized carbons (Fsp3) is 0.308. The van der Waals surface area contributed by atoms with Gasteiger partial charge in [0.2, 0.25) is 0 Å². The van der Waals surface area contributed by atoms with Crippen molar-refractivity contribution in [2.45, 2.75) is 6.92 Å². The Labute approximate surface area is 112 Å². The highest BCUT2D eigenvalue weighted by atomic mass is 16.5. The second-order valence-corrected chi connectivity index (χ2v) is 4.04. The van der Waals surface area contributed by atoms with Crippen molar-refractivity contribution in [2.24, 2.45) is 10.1 Å². The normalized spacial score (nSPS) is 12.2. The molecule has 0 spiro atoms. The van der Waals surface area contributed by atoms with Gasteiger partial charge >= 0.3 is 0 Å². The molecule has 0 saturated carbocycles. The third-order valence-electron chi connectivity index (χ3n) is 2.42. The summed E-state index contributed by atoms with van der Waals surface area (Å²) in [4.78, 5) is 17.3. The van der Waals surface area contributed by atoms with E-state index in [9.17, 15) is 4.79 Å². The zero-order chi connectivity index (χ0) is 14.4. The van der Waals surface area contributed by atoms with Gasteiger partial charge in [0.25, 0.3) is 5.91 Å². The van der Waals surface area contributed by atoms with Crippen LogP contribution in [0.5, 0.6) is 5.75 Å². The Morgan fingerprint density at radius 3 is 2.26 bits per heavy atom. The van der Waals surface area contributed by atoms with Crippen LogP contribution in [0.4, 0.5) is 5.69 Å². The first-order chi connectivity index (χ1) is 8.99. The van der Waals surface area contributed by atoms with Gasteiger partial charge in [-0.05, 0) is 31.2 Å². The third-order valence-corrected chi connectivity index (χ3v) is 2.42. The van der Waals surface area contributed by atoms with Crippen molar-refractivity contribution in [3.05, 3.63) is 24.3 Å². The molecule has 102 valence electrons. The summed E-state index contributed by atoms with van der Waals surface area (Å²) in [5.41, 5.74) is 0.901. The molecule has 1 rings (SSSR count). The van der Waals surface area contributed by atoms with E-state index in [1.54, 1.807) is 52.4 Å². The third kappa shape index (κ3) is 3.80. The molecule has 0 atom stereocenters. The minimum atomic E-state index is -0.405. The number of aliphatic imine (C=N–C) groups is 1. The van der Waals surface area contributed by atoms with Gasteiger partial charge in [-0.1, -0.05) is 5.16 Å². The number of carbonyl (C=O) groups is 1. The number of hydrogen-bond acceptors (Lipinski definition) is 5. The van der Waals surface area contributed by atoms with Crippen molar-refractivity contribution >= 4 is 23.0 Å². The molecule has 6 heteroatoms. The lowest BCUT2D eigenvalue weighted by Crippen LogP contribution is -2.34. The molecule has 1 aromatic carbocycles. The second-order valence-electron chi connectivity index (χ2n) is 4.04. The summed E-state index contributed by atoms with van der Waals surface area (Å²) < 4.78 is 5.04. The molecule has 19 heavy (non-hydrogen) atoms. The van der Waals surface area contributed by atoms with Crippen LogP contribution in [0.1, 0.15) is 6.92 Å². The van der Waals surface area contributed by atoms with E-state index in [0.29, 0.717) is 11.4 Å². The lowest BCUT2D eigenvalue weighted by atomic mass is 10.2. The molecule has 1 amide bonds. The van der Waals surface area contributed by atoms with Crippen LogP contribution in [0.25, 0.3) is 0 Å². The topological polar surface area (TPSA) is 74.5 Å². The zero-order valence-electron chi connectivity index (χ0n) is 11.4. The molecular formula is C13H17N3O3. The van der Waals surface area contributed by atoms with Gasteiger partial charge in [-0.25, -0.2) is 0 Å². The number of oxime groups is 1. The van der Waals surface area contributed by atoms with Crippen molar-refractivity contribution in [2.75, 3.05) is 21.2 Å². The first kappa shape index (κ1) is 14.7. The van der Waals surface area contributed by atoms with Crippen molar-refractivity contribution < 1.29 is 14.7 Å². The van der Waals surface area contributed by atoms with Crippen LogP contribution >= 0.6 is 0 Å². The summed E-state index contributed by atoms with van der Waals surface area (Å²) in [6.07, 6.45) is 0. The highest BCUT2D eigenvalue weighted by Gasteiger charge is 2.17. The summed E-state index contributed by atoms with van der Waals surface area (Å²) in [6, 6.07) is 7.01. The van der Waals surface area contributed by atoms with Crippen LogP contribution in [0.3, 0.4) is 0 Å². The zero-order valence-corrected chi connectivity index (χ0v) is 11.4. The molecule has 1 N–H and O–H groups in total. The van der Waals surface area contributed by atoms with Gasteiger partial charge < -0.3 is 14.8 Å². The van der Waals surface area contributed by atoms with Crippen molar-refractivity contribution in [1.82, 2.24) is 4.90 Å². The molecule has 0 aliphatic carbocycles. The Balaban J connectivity index is 2.99. The number of ether oxygens (including phenoxy) is 1. The van der Waals surface area contributed by atoms with Crippen molar-refractivity contribution in [3.8, 4) is 5.75 Å². The summed E-state index contributed by atoms with van der Waals surface area (Å²) in [7, 11) is 4.73. The number of amides is 1. The molecule has 0 heterocycles. The van der Waals surface area contributed by atoms with Gasteiger partial charge in [0.05, 0.1) is 18.5 Å². The quantitative estimate of drug-likeness (QED) is 0.510. The minimum absolute atomic E-state index is 0.0826. The minimum Gasteiger partial charge on any atom is -0.497 e. The number of carbonyl (C=O) groups excluding carboxylic acids is 1. The van der Waals surface area contributed by atoms with Gasteiger partial charge in [0, 0.05) is 14.1 Å². The van der Waals surface area contributed by atoms with Crippen LogP contribution in [0.15, 0.2) is 34.4 Å². The Morgan fingerprint density at radius 2 is 1.84 bits per heavy atom. The van der Waals surface area contributed by atoms with E-state index < -0.39 is 5.91 Å². The molecular weight excluding hydrogens is 246 g/mol. The summed E-state index contributed by atoms with van der Waals surface area (Å²) in [5, 5.41) is 11.9. The Kier molecular flexibility index (Phi) is 5.05. The first-order valence-corrected chi connectivity index (χ1v) is 5.63. The van der Waals surface area contributed by atoms with Crippen LogP contribution < -0.4 is 4.74 Å². The molecule has 1 aromatic rings. The highest BCUT2D eigenvalue weighted by molar-refractivity contribution is 6.66. The molecule has 0 unspecified atom stereocenters. The lowest BCUT2D eigenvalue weighted by molar-refractivity contribution is -0.121. The monoisotopic (exact) mass is 263 g/mol. The lowest BCUT2D eigenvalue weighted by Gasteiger charge is -2.10. The summed E-state index contributed by atoms with van der Waals surface area (Å²) in [6.45, 7) is 1.61. The highest BCUT2D eigenvalue weighted by Crippen LogP contribution is 2.18. The number of hydrogen-bond donors (Lipinski definition) is 1. The van der Waals surface area contributed by atoms with Gasteiger partial charge in [-0.15, -0.1) is 0 Å². The van der Waals surface area contributed by atoms with Gasteiger partial charge in [0.1, 0.15) is 5.75 Å². The molecule has 0 aliphatic heterocycles. The first-order valence-electron chi connectivity index (χ1n) is 5.63. The van der Waals surface area contributed by atoms with Crippen molar-refractivity contribution in [3.63, 3.8) is 0 Å². The predicted octanol–water partition coefficient (Wildman–Crippen LogP) is 1.71. The Hall–Kier alpha value is -2.37. The number of methoxy groups -OCH3 is 1. The molecule has 0 aliphatic rings. The predicted molar refractivity (Wildman–Crippen MR) is 73.7 cm³/mol. The average molecular weight is 263 g/mol. The van der Waals surface area contributed by atoms with Crippen LogP contribution in [0, 0.1) is 0 Å². The second kappa shape index (κ2) is 6.53. The molecule has 0 bridgehead atoms. The van der Waals surface area contributed by atoms with Crippen molar-refractivity contribution in [1.29, 1.82) is 0 Å². The van der Waals surface area contributed by atoms with E-state index >= 15 is 0 Å². The summed E-state index contributed by atoms with van der Waals surface area (Å²) >= 11 is 0. The van der Waals surface area contributed by atoms with E-state index in [2.05, 4.69) is 10.1 Å². The summed E-state index contributed by atoms with van der Waals surface area (Å²) in [5.74, 6) is 0.314. The fourth-order valence-electron chi connectivity index (χ4n) is 1.39. The molecule has 0 radical (unpaired) electrons. The van der Waals surface area contributed by atoms with E-state index in [4.69, 9.17) is 9.94 Å². The fourth-order valence-corrected chi connectivity index (χ4v) is 1.39. The van der Waals surface area contributed by atoms with Crippen LogP contribution in [-0.4, -0.2) is 48.6 Å². The maximum Gasteiger partial charge on any atom is 0.277 e. The van der Waals surface area contributed by atoms with E-state index in [1.807, 2.05) is 0 Å². The standard InChI is InChI=1S/C13H17N3O3/c1-9(12(15-18)13(17)16(2)3)14-10-5-7-11(19-4)8-6-10/h5-8,18H,1-4H3/b14-9?,15-12-. The van der Waals surface area contributed by atoms with E-state index in [1.165, 1.54) is 4.90 Å². The average Bonchev–Trinajstić information content (AvgIpc) is 2.40. The van der Waals surface area contributed by atoms with Gasteiger partial charge in [-0.2, -0.15) is 0 Å². The van der Waals surface area contributed by atoms with Gasteiger partial charge in [-0.3, -0.25) is 9.79 Å². The molecule has 0 aromatic heterocycles. The van der Waals surface area contributed by atoms with E-state index in [-0.39, 0.29) is 5.71 Å². The Bertz CT molecular complexity index is 504. The SMILES string of the molecule is COc1ccc(N=C(C)/C(=N/O)C(=O)N(C)C)cc1. The maximum atomic E-state index is 11.7.